The summed E-state index contributed by atoms with van der Waals surface area (Å²) >= 11 is 0. The second-order valence-corrected chi connectivity index (χ2v) is 5.15. The Bertz CT molecular complexity index is 402. The van der Waals surface area contributed by atoms with E-state index < -0.39 is 6.04 Å². The van der Waals surface area contributed by atoms with E-state index in [9.17, 15) is 4.79 Å². The standard InChI is InChI=1S/C15H22N2O2/c1-17(11-13-8-5-9-19-13)15(18)14(16)10-12-6-3-2-4-7-12/h2-4,6-7,13-14H,5,8-11,16H2,1H3. The third kappa shape index (κ3) is 4.04. The number of rotatable bonds is 5. The highest BCUT2D eigenvalue weighted by Gasteiger charge is 2.23. The van der Waals surface area contributed by atoms with Gasteiger partial charge in [0.2, 0.25) is 5.91 Å². The van der Waals surface area contributed by atoms with E-state index in [1.54, 1.807) is 11.9 Å². The topological polar surface area (TPSA) is 55.6 Å². The van der Waals surface area contributed by atoms with Crippen molar-refractivity contribution in [2.45, 2.75) is 31.4 Å². The zero-order valence-electron chi connectivity index (χ0n) is 11.4. The van der Waals surface area contributed by atoms with E-state index in [0.29, 0.717) is 13.0 Å². The summed E-state index contributed by atoms with van der Waals surface area (Å²) in [6, 6.07) is 9.39. The van der Waals surface area contributed by atoms with E-state index >= 15 is 0 Å². The maximum absolute atomic E-state index is 12.2. The molecule has 0 aromatic heterocycles. The molecular weight excluding hydrogens is 240 g/mol. The van der Waals surface area contributed by atoms with Crippen LogP contribution in [0.3, 0.4) is 0 Å². The molecular formula is C15H22N2O2. The minimum absolute atomic E-state index is 0.0145. The molecule has 4 nitrogen and oxygen atoms in total. The van der Waals surface area contributed by atoms with Crippen LogP contribution in [0.5, 0.6) is 0 Å². The summed E-state index contributed by atoms with van der Waals surface area (Å²) in [5.41, 5.74) is 7.08. The number of benzene rings is 1. The summed E-state index contributed by atoms with van der Waals surface area (Å²) in [5, 5.41) is 0. The highest BCUT2D eigenvalue weighted by Crippen LogP contribution is 2.13. The first-order chi connectivity index (χ1) is 9.16. The molecule has 0 radical (unpaired) electrons. The SMILES string of the molecule is CN(CC1CCCO1)C(=O)C(N)Cc1ccccc1. The van der Waals surface area contributed by atoms with Crippen molar-refractivity contribution >= 4 is 5.91 Å². The molecule has 0 spiro atoms. The lowest BCUT2D eigenvalue weighted by Crippen LogP contribution is -2.45. The van der Waals surface area contributed by atoms with E-state index in [0.717, 1.165) is 25.0 Å². The van der Waals surface area contributed by atoms with Gasteiger partial charge in [-0.15, -0.1) is 0 Å². The van der Waals surface area contributed by atoms with Gasteiger partial charge in [0.05, 0.1) is 12.1 Å². The fourth-order valence-electron chi connectivity index (χ4n) is 2.42. The van der Waals surface area contributed by atoms with E-state index in [2.05, 4.69) is 0 Å². The van der Waals surface area contributed by atoms with Crippen molar-refractivity contribution < 1.29 is 9.53 Å². The average molecular weight is 262 g/mol. The normalized spacial score (nSPS) is 20.2. The molecule has 1 aromatic rings. The molecule has 1 saturated heterocycles. The molecule has 0 aliphatic carbocycles. The van der Waals surface area contributed by atoms with Gasteiger partial charge >= 0.3 is 0 Å². The van der Waals surface area contributed by atoms with Gasteiger partial charge < -0.3 is 15.4 Å². The number of nitrogens with two attached hydrogens (primary N) is 1. The van der Waals surface area contributed by atoms with Gasteiger partial charge in [-0.3, -0.25) is 4.79 Å². The summed E-state index contributed by atoms with van der Waals surface area (Å²) in [7, 11) is 1.80. The molecule has 1 aliphatic rings. The van der Waals surface area contributed by atoms with Gasteiger partial charge in [0, 0.05) is 20.2 Å². The van der Waals surface area contributed by atoms with Crippen LogP contribution in [0.2, 0.25) is 0 Å². The minimum Gasteiger partial charge on any atom is -0.376 e. The lowest BCUT2D eigenvalue weighted by atomic mass is 10.1. The molecule has 19 heavy (non-hydrogen) atoms. The van der Waals surface area contributed by atoms with E-state index in [4.69, 9.17) is 10.5 Å². The van der Waals surface area contributed by atoms with Crippen LogP contribution in [0.15, 0.2) is 30.3 Å². The number of nitrogens with zero attached hydrogens (tertiary/aromatic N) is 1. The smallest absolute Gasteiger partial charge is 0.239 e. The first-order valence-corrected chi connectivity index (χ1v) is 6.83. The van der Waals surface area contributed by atoms with Crippen molar-refractivity contribution in [1.29, 1.82) is 0 Å². The molecule has 1 aliphatic heterocycles. The fourth-order valence-corrected chi connectivity index (χ4v) is 2.42. The molecule has 1 amide bonds. The largest absolute Gasteiger partial charge is 0.376 e. The van der Waals surface area contributed by atoms with Gasteiger partial charge in [-0.05, 0) is 24.8 Å². The van der Waals surface area contributed by atoms with Gasteiger partial charge in [-0.1, -0.05) is 30.3 Å². The van der Waals surface area contributed by atoms with Crippen LogP contribution in [-0.2, 0) is 16.0 Å². The number of ether oxygens (including phenoxy) is 1. The van der Waals surface area contributed by atoms with Crippen molar-refractivity contribution in [2.75, 3.05) is 20.2 Å². The Labute approximate surface area is 114 Å². The summed E-state index contributed by atoms with van der Waals surface area (Å²) in [4.78, 5) is 13.9. The predicted molar refractivity (Wildman–Crippen MR) is 74.7 cm³/mol. The fraction of sp³-hybridized carbons (Fsp3) is 0.533. The van der Waals surface area contributed by atoms with Crippen molar-refractivity contribution in [2.24, 2.45) is 5.73 Å². The molecule has 1 aromatic carbocycles. The first-order valence-electron chi connectivity index (χ1n) is 6.83. The van der Waals surface area contributed by atoms with Crippen LogP contribution in [0, 0.1) is 0 Å². The average Bonchev–Trinajstić information content (AvgIpc) is 2.91. The molecule has 0 saturated carbocycles. The molecule has 2 N–H and O–H groups in total. The Kier molecular flexibility index (Phi) is 4.93. The zero-order chi connectivity index (χ0) is 13.7. The Morgan fingerprint density at radius 3 is 2.84 bits per heavy atom. The van der Waals surface area contributed by atoms with Gasteiger partial charge in [0.15, 0.2) is 0 Å². The number of likely N-dealkylation sites (N-methyl/N-ethyl adjacent to an activating group) is 1. The zero-order valence-corrected chi connectivity index (χ0v) is 11.4. The monoisotopic (exact) mass is 262 g/mol. The maximum Gasteiger partial charge on any atom is 0.239 e. The Hall–Kier alpha value is -1.39. The lowest BCUT2D eigenvalue weighted by molar-refractivity contribution is -0.132. The molecule has 2 rings (SSSR count). The number of carbonyl (C=O) groups is 1. The molecule has 4 heteroatoms. The molecule has 0 bridgehead atoms. The summed E-state index contributed by atoms with van der Waals surface area (Å²) < 4.78 is 5.54. The predicted octanol–water partition coefficient (Wildman–Crippen LogP) is 1.19. The van der Waals surface area contributed by atoms with Crippen molar-refractivity contribution in [3.63, 3.8) is 0 Å². The highest BCUT2D eigenvalue weighted by atomic mass is 16.5. The van der Waals surface area contributed by atoms with E-state index in [1.165, 1.54) is 0 Å². The molecule has 104 valence electrons. The Morgan fingerprint density at radius 2 is 2.21 bits per heavy atom. The van der Waals surface area contributed by atoms with Crippen LogP contribution >= 0.6 is 0 Å². The quantitative estimate of drug-likeness (QED) is 0.867. The summed E-state index contributed by atoms with van der Waals surface area (Å²) in [6.45, 7) is 1.45. The summed E-state index contributed by atoms with van der Waals surface area (Å²) in [6.07, 6.45) is 2.88. The Morgan fingerprint density at radius 1 is 1.47 bits per heavy atom. The number of carbonyl (C=O) groups excluding carboxylic acids is 1. The molecule has 2 atom stereocenters. The third-order valence-electron chi connectivity index (χ3n) is 3.49. The van der Waals surface area contributed by atoms with Crippen LogP contribution < -0.4 is 5.73 Å². The molecule has 1 heterocycles. The van der Waals surface area contributed by atoms with Crippen molar-refractivity contribution in [3.05, 3.63) is 35.9 Å². The van der Waals surface area contributed by atoms with Gasteiger partial charge in [0.1, 0.15) is 0 Å². The highest BCUT2D eigenvalue weighted by molar-refractivity contribution is 5.81. The van der Waals surface area contributed by atoms with Crippen LogP contribution in [0.4, 0.5) is 0 Å². The van der Waals surface area contributed by atoms with E-state index in [-0.39, 0.29) is 12.0 Å². The second-order valence-electron chi connectivity index (χ2n) is 5.15. The van der Waals surface area contributed by atoms with Crippen LogP contribution in [0.1, 0.15) is 18.4 Å². The number of hydrogen-bond acceptors (Lipinski definition) is 3. The van der Waals surface area contributed by atoms with Gasteiger partial charge in [-0.2, -0.15) is 0 Å². The van der Waals surface area contributed by atoms with Gasteiger partial charge in [-0.25, -0.2) is 0 Å². The van der Waals surface area contributed by atoms with Crippen LogP contribution in [0.25, 0.3) is 0 Å². The lowest BCUT2D eigenvalue weighted by Gasteiger charge is -2.24. The van der Waals surface area contributed by atoms with Crippen LogP contribution in [-0.4, -0.2) is 43.2 Å². The third-order valence-corrected chi connectivity index (χ3v) is 3.49. The molecule has 1 fully saturated rings. The van der Waals surface area contributed by atoms with Crippen molar-refractivity contribution in [1.82, 2.24) is 4.90 Å². The maximum atomic E-state index is 12.2. The summed E-state index contributed by atoms with van der Waals surface area (Å²) in [5.74, 6) is -0.0145. The number of amides is 1. The van der Waals surface area contributed by atoms with E-state index in [1.807, 2.05) is 30.3 Å². The number of hydrogen-bond donors (Lipinski definition) is 1. The van der Waals surface area contributed by atoms with Gasteiger partial charge in [0.25, 0.3) is 0 Å². The van der Waals surface area contributed by atoms with Crippen molar-refractivity contribution in [3.8, 4) is 0 Å². The minimum atomic E-state index is -0.478. The molecule has 2 unspecified atom stereocenters. The first kappa shape index (κ1) is 14.0. The Balaban J connectivity index is 1.84. The second kappa shape index (κ2) is 6.68.